The summed E-state index contributed by atoms with van der Waals surface area (Å²) in [5, 5.41) is 0. The van der Waals surface area contributed by atoms with E-state index in [1.54, 1.807) is 0 Å². The van der Waals surface area contributed by atoms with E-state index in [1.807, 2.05) is 6.20 Å². The van der Waals surface area contributed by atoms with Crippen molar-refractivity contribution in [3.05, 3.63) is 17.7 Å². The van der Waals surface area contributed by atoms with Gasteiger partial charge in [-0.15, -0.1) is 0 Å². The van der Waals surface area contributed by atoms with E-state index >= 15 is 0 Å². The second-order valence-corrected chi connectivity index (χ2v) is 6.85. The number of unbranched alkanes of at least 4 members (excludes halogenated alkanes) is 2. The Hall–Kier alpha value is -0.880. The summed E-state index contributed by atoms with van der Waals surface area (Å²) in [6, 6.07) is 0. The van der Waals surface area contributed by atoms with E-state index < -0.39 is 10.1 Å². The van der Waals surface area contributed by atoms with Crippen LogP contribution in [-0.2, 0) is 16.5 Å². The number of aromatic amines is 1. The van der Waals surface area contributed by atoms with Crippen LogP contribution in [0.5, 0.6) is 0 Å². The molecule has 6 heteroatoms. The molecule has 0 saturated carbocycles. The largest absolute Gasteiger partial charge is 0.346 e. The molecule has 0 aliphatic heterocycles. The van der Waals surface area contributed by atoms with Gasteiger partial charge in [0.1, 0.15) is 5.82 Å². The Morgan fingerprint density at radius 3 is 2.65 bits per heavy atom. The number of hydrogen-bond donors (Lipinski definition) is 2. The van der Waals surface area contributed by atoms with Crippen LogP contribution in [0.15, 0.2) is 6.20 Å². The smallest absolute Gasteiger partial charge is 0.264 e. The van der Waals surface area contributed by atoms with Gasteiger partial charge in [-0.1, -0.05) is 33.1 Å². The van der Waals surface area contributed by atoms with Crippen LogP contribution in [0.3, 0.4) is 0 Å². The molecule has 0 aliphatic rings. The van der Waals surface area contributed by atoms with Crippen molar-refractivity contribution >= 4 is 10.1 Å². The van der Waals surface area contributed by atoms with Crippen molar-refractivity contribution in [3.8, 4) is 0 Å². The van der Waals surface area contributed by atoms with Crippen molar-refractivity contribution in [1.82, 2.24) is 9.97 Å². The van der Waals surface area contributed by atoms with Crippen molar-refractivity contribution in [2.45, 2.75) is 64.7 Å². The molecule has 0 fully saturated rings. The van der Waals surface area contributed by atoms with Gasteiger partial charge in [0.25, 0.3) is 10.1 Å². The Morgan fingerprint density at radius 1 is 1.30 bits per heavy atom. The molecule has 1 aromatic rings. The lowest BCUT2D eigenvalue weighted by atomic mass is 9.96. The average Bonchev–Trinajstić information content (AvgIpc) is 2.82. The van der Waals surface area contributed by atoms with Crippen molar-refractivity contribution in [2.75, 3.05) is 5.75 Å². The molecular formula is C14H26N2O3S. The molecule has 1 atom stereocenters. The lowest BCUT2D eigenvalue weighted by Crippen LogP contribution is -2.05. The fraction of sp³-hybridized carbons (Fsp3) is 0.786. The minimum absolute atomic E-state index is 0.212. The van der Waals surface area contributed by atoms with Gasteiger partial charge in [-0.25, -0.2) is 4.98 Å². The highest BCUT2D eigenvalue weighted by atomic mass is 32.2. The van der Waals surface area contributed by atoms with Crippen molar-refractivity contribution in [3.63, 3.8) is 0 Å². The number of rotatable bonds is 10. The third kappa shape index (κ3) is 6.52. The van der Waals surface area contributed by atoms with Gasteiger partial charge in [0.05, 0.1) is 5.75 Å². The first kappa shape index (κ1) is 17.2. The number of H-pyrrole nitrogens is 1. The Morgan fingerprint density at radius 2 is 2.05 bits per heavy atom. The van der Waals surface area contributed by atoms with E-state index in [0.29, 0.717) is 18.8 Å². The van der Waals surface area contributed by atoms with E-state index in [9.17, 15) is 8.42 Å². The molecule has 20 heavy (non-hydrogen) atoms. The van der Waals surface area contributed by atoms with Gasteiger partial charge in [-0.05, 0) is 19.3 Å². The van der Waals surface area contributed by atoms with Crippen LogP contribution in [0, 0.1) is 0 Å². The van der Waals surface area contributed by atoms with Gasteiger partial charge in [-0.3, -0.25) is 4.55 Å². The fourth-order valence-corrected chi connectivity index (χ4v) is 2.86. The Balaban J connectivity index is 2.47. The number of hydrogen-bond acceptors (Lipinski definition) is 3. The van der Waals surface area contributed by atoms with Gasteiger partial charge in [-0.2, -0.15) is 8.42 Å². The zero-order chi connectivity index (χ0) is 15.0. The monoisotopic (exact) mass is 302 g/mol. The number of nitrogens with zero attached hydrogens (tertiary/aromatic N) is 1. The molecule has 2 N–H and O–H groups in total. The van der Waals surface area contributed by atoms with Gasteiger partial charge in [0.15, 0.2) is 0 Å². The van der Waals surface area contributed by atoms with Crippen molar-refractivity contribution in [1.29, 1.82) is 0 Å². The van der Waals surface area contributed by atoms with E-state index in [2.05, 4.69) is 23.8 Å². The molecule has 5 nitrogen and oxygen atoms in total. The van der Waals surface area contributed by atoms with Gasteiger partial charge < -0.3 is 4.98 Å². The molecule has 0 aliphatic carbocycles. The van der Waals surface area contributed by atoms with Crippen LogP contribution in [0.4, 0.5) is 0 Å². The summed E-state index contributed by atoms with van der Waals surface area (Å²) in [6.07, 6.45) is 8.75. The molecule has 0 amide bonds. The van der Waals surface area contributed by atoms with E-state index in [1.165, 1.54) is 19.3 Å². The van der Waals surface area contributed by atoms with E-state index in [4.69, 9.17) is 4.55 Å². The lowest BCUT2D eigenvalue weighted by Gasteiger charge is -2.12. The molecule has 1 rings (SSSR count). The first-order chi connectivity index (χ1) is 9.46. The summed E-state index contributed by atoms with van der Waals surface area (Å²) in [7, 11) is -3.87. The summed E-state index contributed by atoms with van der Waals surface area (Å²) in [4.78, 5) is 7.59. The van der Waals surface area contributed by atoms with Gasteiger partial charge in [0, 0.05) is 24.2 Å². The van der Waals surface area contributed by atoms with Crippen LogP contribution in [0.1, 0.15) is 69.8 Å². The quantitative estimate of drug-likeness (QED) is 0.513. The highest BCUT2D eigenvalue weighted by molar-refractivity contribution is 7.85. The second-order valence-electron chi connectivity index (χ2n) is 5.28. The fourth-order valence-electron chi connectivity index (χ4n) is 2.36. The first-order valence-electron chi connectivity index (χ1n) is 7.45. The molecule has 1 heterocycles. The molecule has 116 valence electrons. The molecule has 0 spiro atoms. The van der Waals surface area contributed by atoms with Crippen LogP contribution in [0.2, 0.25) is 0 Å². The zero-order valence-corrected chi connectivity index (χ0v) is 13.2. The van der Waals surface area contributed by atoms with Crippen LogP contribution >= 0.6 is 0 Å². The van der Waals surface area contributed by atoms with Crippen molar-refractivity contribution in [2.24, 2.45) is 0 Å². The minimum atomic E-state index is -3.87. The maximum Gasteiger partial charge on any atom is 0.264 e. The number of nitrogens with one attached hydrogen (secondary N) is 1. The number of aryl methyl sites for hydroxylation is 1. The molecule has 0 bridgehead atoms. The van der Waals surface area contributed by atoms with Gasteiger partial charge in [0.2, 0.25) is 0 Å². The molecule has 0 radical (unpaired) electrons. The van der Waals surface area contributed by atoms with E-state index in [0.717, 1.165) is 24.4 Å². The molecular weight excluding hydrogens is 276 g/mol. The summed E-state index contributed by atoms with van der Waals surface area (Å²) in [6.45, 7) is 4.37. The topological polar surface area (TPSA) is 83.1 Å². The summed E-state index contributed by atoms with van der Waals surface area (Å²) in [5.74, 6) is 1.10. The third-order valence-electron chi connectivity index (χ3n) is 3.55. The Bertz CT molecular complexity index is 482. The third-order valence-corrected chi connectivity index (χ3v) is 4.36. The number of imidazole rings is 1. The first-order valence-corrected chi connectivity index (χ1v) is 9.06. The lowest BCUT2D eigenvalue weighted by molar-refractivity contribution is 0.481. The number of aromatic nitrogens is 2. The van der Waals surface area contributed by atoms with Crippen LogP contribution in [0.25, 0.3) is 0 Å². The highest BCUT2D eigenvalue weighted by Crippen LogP contribution is 2.24. The molecule has 0 aromatic carbocycles. The second kappa shape index (κ2) is 8.42. The SMILES string of the molecule is CCCCCC(CC)c1cnc(CCCS(=O)(=O)O)[nH]1. The summed E-state index contributed by atoms with van der Waals surface area (Å²) < 4.78 is 30.0. The van der Waals surface area contributed by atoms with Crippen LogP contribution < -0.4 is 0 Å². The summed E-state index contributed by atoms with van der Waals surface area (Å²) >= 11 is 0. The normalized spacial score (nSPS) is 13.6. The molecule has 1 unspecified atom stereocenters. The Labute approximate surface area is 122 Å². The maximum absolute atomic E-state index is 10.7. The van der Waals surface area contributed by atoms with Gasteiger partial charge >= 0.3 is 0 Å². The molecule has 0 saturated heterocycles. The van der Waals surface area contributed by atoms with Crippen LogP contribution in [-0.4, -0.2) is 28.7 Å². The van der Waals surface area contributed by atoms with Crippen molar-refractivity contribution < 1.29 is 13.0 Å². The van der Waals surface area contributed by atoms with E-state index in [-0.39, 0.29) is 5.75 Å². The zero-order valence-electron chi connectivity index (χ0n) is 12.4. The highest BCUT2D eigenvalue weighted by Gasteiger charge is 2.12. The minimum Gasteiger partial charge on any atom is -0.346 e. The summed E-state index contributed by atoms with van der Waals surface area (Å²) in [5.41, 5.74) is 1.14. The Kier molecular flexibility index (Phi) is 7.23. The molecule has 1 aromatic heterocycles. The standard InChI is InChI=1S/C14H26N2O3S/c1-3-5-6-8-12(4-2)13-11-15-14(16-13)9-7-10-20(17,18)19/h11-12H,3-10H2,1-2H3,(H,15,16)(H,17,18,19). The predicted molar refractivity (Wildman–Crippen MR) is 80.5 cm³/mol. The average molecular weight is 302 g/mol. The predicted octanol–water partition coefficient (Wildman–Crippen LogP) is 3.30. The maximum atomic E-state index is 10.7.